The third-order valence-corrected chi connectivity index (χ3v) is 4.44. The van der Waals surface area contributed by atoms with Crippen molar-refractivity contribution in [2.75, 3.05) is 7.11 Å². The van der Waals surface area contributed by atoms with Gasteiger partial charge in [0.05, 0.1) is 18.4 Å². The van der Waals surface area contributed by atoms with Crippen LogP contribution in [0.5, 0.6) is 5.75 Å². The number of hydrogen-bond acceptors (Lipinski definition) is 8. The van der Waals surface area contributed by atoms with Crippen molar-refractivity contribution in [1.29, 1.82) is 0 Å². The maximum absolute atomic E-state index is 11.8. The van der Waals surface area contributed by atoms with Gasteiger partial charge in [0.1, 0.15) is 5.75 Å². The first-order valence-corrected chi connectivity index (χ1v) is 8.73. The van der Waals surface area contributed by atoms with Crippen LogP contribution >= 0.6 is 11.3 Å². The van der Waals surface area contributed by atoms with Gasteiger partial charge in [0, 0.05) is 12.0 Å². The van der Waals surface area contributed by atoms with Gasteiger partial charge in [-0.15, -0.1) is 11.3 Å². The van der Waals surface area contributed by atoms with E-state index in [4.69, 9.17) is 14.0 Å². The molecule has 134 valence electrons. The van der Waals surface area contributed by atoms with E-state index in [1.807, 2.05) is 5.38 Å². The third-order valence-electron chi connectivity index (χ3n) is 3.53. The summed E-state index contributed by atoms with van der Waals surface area (Å²) in [7, 11) is 1.59. The van der Waals surface area contributed by atoms with Crippen LogP contribution in [-0.4, -0.2) is 29.0 Å². The van der Waals surface area contributed by atoms with Crippen molar-refractivity contribution in [3.8, 4) is 17.1 Å². The minimum atomic E-state index is -0.487. The topological polar surface area (TPSA) is 91.5 Å². The maximum Gasteiger partial charge on any atom is 0.306 e. The number of carbonyl (C=O) groups excluding carboxylic acids is 2. The number of benzene rings is 1. The van der Waals surface area contributed by atoms with Crippen molar-refractivity contribution in [3.63, 3.8) is 0 Å². The number of hydrogen-bond donors (Lipinski definition) is 0. The molecule has 0 radical (unpaired) electrons. The van der Waals surface area contributed by atoms with Gasteiger partial charge in [0.2, 0.25) is 5.82 Å². The summed E-state index contributed by atoms with van der Waals surface area (Å²) in [5, 5.41) is 5.68. The average molecular weight is 372 g/mol. The number of thiophene rings is 1. The molecule has 0 N–H and O–H groups in total. The number of esters is 1. The first-order chi connectivity index (χ1) is 12.7. The van der Waals surface area contributed by atoms with Crippen LogP contribution in [0.1, 0.15) is 28.4 Å². The quantitative estimate of drug-likeness (QED) is 0.441. The fraction of sp³-hybridized carbons (Fsp3) is 0.222. The van der Waals surface area contributed by atoms with E-state index < -0.39 is 5.97 Å². The molecule has 0 atom stereocenters. The normalized spacial score (nSPS) is 10.5. The monoisotopic (exact) mass is 372 g/mol. The van der Waals surface area contributed by atoms with Crippen molar-refractivity contribution in [2.45, 2.75) is 19.4 Å². The number of nitrogens with zero attached hydrogens (tertiary/aromatic N) is 2. The molecule has 0 saturated carbocycles. The van der Waals surface area contributed by atoms with E-state index in [9.17, 15) is 9.59 Å². The van der Waals surface area contributed by atoms with Gasteiger partial charge in [-0.05, 0) is 35.7 Å². The van der Waals surface area contributed by atoms with Gasteiger partial charge in [-0.3, -0.25) is 9.59 Å². The van der Waals surface area contributed by atoms with Crippen LogP contribution in [0.3, 0.4) is 0 Å². The summed E-state index contributed by atoms with van der Waals surface area (Å²) < 4.78 is 15.2. The molecule has 7 nitrogen and oxygen atoms in total. The van der Waals surface area contributed by atoms with Crippen LogP contribution < -0.4 is 4.74 Å². The Kier molecular flexibility index (Phi) is 5.75. The van der Waals surface area contributed by atoms with Crippen LogP contribution in [0.25, 0.3) is 11.4 Å². The maximum atomic E-state index is 11.8. The minimum absolute atomic E-state index is 0.0101. The smallest absolute Gasteiger partial charge is 0.306 e. The summed E-state index contributed by atoms with van der Waals surface area (Å²) in [4.78, 5) is 28.4. The Bertz CT molecular complexity index is 871. The van der Waals surface area contributed by atoms with Gasteiger partial charge in [-0.1, -0.05) is 11.2 Å². The largest absolute Gasteiger partial charge is 0.497 e. The second-order valence-corrected chi connectivity index (χ2v) is 6.25. The molecule has 2 heterocycles. The van der Waals surface area contributed by atoms with E-state index in [0.29, 0.717) is 10.7 Å². The van der Waals surface area contributed by atoms with E-state index in [1.165, 1.54) is 11.3 Å². The third kappa shape index (κ3) is 4.54. The number of aromatic nitrogens is 2. The van der Waals surface area contributed by atoms with Crippen LogP contribution in [0.2, 0.25) is 0 Å². The van der Waals surface area contributed by atoms with Crippen LogP contribution in [-0.2, 0) is 16.1 Å². The van der Waals surface area contributed by atoms with Gasteiger partial charge in [0.25, 0.3) is 5.89 Å². The highest BCUT2D eigenvalue weighted by atomic mass is 32.1. The zero-order chi connectivity index (χ0) is 18.4. The SMILES string of the molecule is COc1ccc(-c2noc(COC(=O)CCC(=O)c3cccs3)n2)cc1. The van der Waals surface area contributed by atoms with Crippen LogP contribution in [0.4, 0.5) is 0 Å². The van der Waals surface area contributed by atoms with E-state index in [2.05, 4.69) is 10.1 Å². The number of carbonyl (C=O) groups is 2. The Hall–Kier alpha value is -3.00. The number of ketones is 1. The number of Topliss-reactive ketones (excluding diaryl/α,β-unsaturated/α-hetero) is 1. The Labute approximate surface area is 153 Å². The van der Waals surface area contributed by atoms with Crippen molar-refractivity contribution in [3.05, 3.63) is 52.5 Å². The van der Waals surface area contributed by atoms with Gasteiger partial charge in [-0.25, -0.2) is 0 Å². The van der Waals surface area contributed by atoms with Crippen LogP contribution in [0.15, 0.2) is 46.3 Å². The molecule has 3 rings (SSSR count). The summed E-state index contributed by atoms with van der Waals surface area (Å²) in [6.07, 6.45) is 0.122. The molecule has 0 aliphatic carbocycles. The lowest BCUT2D eigenvalue weighted by Gasteiger charge is -2.01. The Morgan fingerprint density at radius 2 is 1.96 bits per heavy atom. The summed E-state index contributed by atoms with van der Waals surface area (Å²) in [6, 6.07) is 10.7. The standard InChI is InChI=1S/C18H16N2O5S/c1-23-13-6-4-12(5-7-13)18-19-16(25-20-18)11-24-17(22)9-8-14(21)15-3-2-10-26-15/h2-7,10H,8-9,11H2,1H3. The highest BCUT2D eigenvalue weighted by Crippen LogP contribution is 2.20. The van der Waals surface area contributed by atoms with Gasteiger partial charge >= 0.3 is 5.97 Å². The van der Waals surface area contributed by atoms with Gasteiger partial charge in [-0.2, -0.15) is 4.98 Å². The van der Waals surface area contributed by atoms with Crippen molar-refractivity contribution in [1.82, 2.24) is 10.1 Å². The predicted octanol–water partition coefficient (Wildman–Crippen LogP) is 3.51. The Morgan fingerprint density at radius 3 is 2.65 bits per heavy atom. The molecule has 0 aliphatic heterocycles. The minimum Gasteiger partial charge on any atom is -0.497 e. The average Bonchev–Trinajstić information content (AvgIpc) is 3.36. The molecule has 0 aliphatic rings. The van der Waals surface area contributed by atoms with E-state index in [-0.39, 0.29) is 31.1 Å². The molecule has 0 spiro atoms. The molecule has 2 aromatic heterocycles. The lowest BCUT2D eigenvalue weighted by molar-refractivity contribution is -0.145. The molecule has 8 heteroatoms. The summed E-state index contributed by atoms with van der Waals surface area (Å²) in [5.41, 5.74) is 0.758. The Morgan fingerprint density at radius 1 is 1.15 bits per heavy atom. The molecular weight excluding hydrogens is 356 g/mol. The summed E-state index contributed by atoms with van der Waals surface area (Å²) in [6.45, 7) is -0.130. The molecule has 26 heavy (non-hydrogen) atoms. The summed E-state index contributed by atoms with van der Waals surface area (Å²) >= 11 is 1.35. The Balaban J connectivity index is 1.48. The first kappa shape index (κ1) is 17.8. The number of ether oxygens (including phenoxy) is 2. The lowest BCUT2D eigenvalue weighted by Crippen LogP contribution is -2.07. The van der Waals surface area contributed by atoms with E-state index >= 15 is 0 Å². The molecular formula is C18H16N2O5S. The number of rotatable bonds is 8. The summed E-state index contributed by atoms with van der Waals surface area (Å²) in [5.74, 6) is 0.749. The van der Waals surface area contributed by atoms with Crippen LogP contribution in [0, 0.1) is 0 Å². The zero-order valence-corrected chi connectivity index (χ0v) is 14.8. The van der Waals surface area contributed by atoms with Gasteiger partial charge in [0.15, 0.2) is 12.4 Å². The highest BCUT2D eigenvalue weighted by molar-refractivity contribution is 7.12. The fourth-order valence-corrected chi connectivity index (χ4v) is 2.86. The van der Waals surface area contributed by atoms with E-state index in [0.717, 1.165) is 11.3 Å². The molecule has 0 unspecified atom stereocenters. The predicted molar refractivity (Wildman–Crippen MR) is 94.0 cm³/mol. The second-order valence-electron chi connectivity index (χ2n) is 5.30. The molecule has 3 aromatic rings. The van der Waals surface area contributed by atoms with Gasteiger partial charge < -0.3 is 14.0 Å². The number of methoxy groups -OCH3 is 1. The molecule has 0 saturated heterocycles. The molecule has 0 amide bonds. The first-order valence-electron chi connectivity index (χ1n) is 7.85. The second kappa shape index (κ2) is 8.39. The fourth-order valence-electron chi connectivity index (χ4n) is 2.16. The zero-order valence-electron chi connectivity index (χ0n) is 14.0. The highest BCUT2D eigenvalue weighted by Gasteiger charge is 2.14. The van der Waals surface area contributed by atoms with Crippen molar-refractivity contribution in [2.24, 2.45) is 0 Å². The lowest BCUT2D eigenvalue weighted by atomic mass is 10.2. The van der Waals surface area contributed by atoms with Crippen molar-refractivity contribution >= 4 is 23.1 Å². The molecule has 1 aromatic carbocycles. The van der Waals surface area contributed by atoms with Crippen molar-refractivity contribution < 1.29 is 23.6 Å². The molecule has 0 bridgehead atoms. The molecule has 0 fully saturated rings. The van der Waals surface area contributed by atoms with E-state index in [1.54, 1.807) is 43.5 Å².